The van der Waals surface area contributed by atoms with Gasteiger partial charge in [-0.05, 0) is 37.4 Å². The van der Waals surface area contributed by atoms with Gasteiger partial charge in [-0.2, -0.15) is 0 Å². The molecule has 7 nitrogen and oxygen atoms in total. The molecule has 27 heavy (non-hydrogen) atoms. The number of anilines is 1. The van der Waals surface area contributed by atoms with Gasteiger partial charge in [-0.25, -0.2) is 0 Å². The highest BCUT2D eigenvalue weighted by Gasteiger charge is 2.25. The summed E-state index contributed by atoms with van der Waals surface area (Å²) >= 11 is 1.56. The summed E-state index contributed by atoms with van der Waals surface area (Å²) in [6.45, 7) is 11.3. The second-order valence-electron chi connectivity index (χ2n) is 7.53. The molecule has 0 bridgehead atoms. The Morgan fingerprint density at radius 3 is 2.52 bits per heavy atom. The molecule has 2 aliphatic heterocycles. The lowest BCUT2D eigenvalue weighted by molar-refractivity contribution is 0.0689. The maximum absolute atomic E-state index is 13.0. The molecule has 0 N–H and O–H groups in total. The molecule has 4 heterocycles. The first-order chi connectivity index (χ1) is 13.2. The van der Waals surface area contributed by atoms with Crippen LogP contribution < -0.4 is 4.90 Å². The highest BCUT2D eigenvalue weighted by molar-refractivity contribution is 7.17. The van der Waals surface area contributed by atoms with Crippen LogP contribution in [0, 0.1) is 5.92 Å². The summed E-state index contributed by atoms with van der Waals surface area (Å²) in [6.07, 6.45) is 4.08. The van der Waals surface area contributed by atoms with Crippen molar-refractivity contribution in [1.82, 2.24) is 24.6 Å². The van der Waals surface area contributed by atoms with E-state index in [1.54, 1.807) is 11.3 Å². The Kier molecular flexibility index (Phi) is 5.45. The molecular formula is C19H28N6OS. The van der Waals surface area contributed by atoms with Crippen molar-refractivity contribution in [2.24, 2.45) is 5.92 Å². The predicted molar refractivity (Wildman–Crippen MR) is 108 cm³/mol. The molecule has 2 saturated heterocycles. The third-order valence-corrected chi connectivity index (χ3v) is 6.72. The smallest absolute Gasteiger partial charge is 0.270 e. The molecule has 2 aromatic rings. The second-order valence-corrected chi connectivity index (χ2v) is 8.46. The fourth-order valence-corrected chi connectivity index (χ4v) is 4.68. The molecule has 0 unspecified atom stereocenters. The Morgan fingerprint density at radius 2 is 1.81 bits per heavy atom. The summed E-state index contributed by atoms with van der Waals surface area (Å²) in [4.78, 5) is 19.7. The van der Waals surface area contributed by atoms with Crippen LogP contribution in [0.2, 0.25) is 0 Å². The van der Waals surface area contributed by atoms with Crippen molar-refractivity contribution in [3.63, 3.8) is 0 Å². The zero-order valence-electron chi connectivity index (χ0n) is 16.2. The fraction of sp³-hybridized carbons (Fsp3) is 0.632. The molecule has 4 rings (SSSR count). The molecule has 2 fully saturated rings. The van der Waals surface area contributed by atoms with E-state index in [0.29, 0.717) is 11.6 Å². The molecule has 0 radical (unpaired) electrons. The summed E-state index contributed by atoms with van der Waals surface area (Å²) < 4.78 is 1.89. The van der Waals surface area contributed by atoms with Crippen molar-refractivity contribution in [3.05, 3.63) is 24.0 Å². The third-order valence-electron chi connectivity index (χ3n) is 5.74. The number of rotatable bonds is 4. The minimum atomic E-state index is 0.0974. The average Bonchev–Trinajstić information content (AvgIpc) is 3.37. The average molecular weight is 389 g/mol. The summed E-state index contributed by atoms with van der Waals surface area (Å²) in [5.41, 5.74) is 0.683. The number of piperazine rings is 1. The number of piperidine rings is 1. The van der Waals surface area contributed by atoms with E-state index in [9.17, 15) is 4.79 Å². The minimum Gasteiger partial charge on any atom is -0.344 e. The third kappa shape index (κ3) is 3.87. The number of aromatic nitrogens is 3. The molecule has 0 aromatic carbocycles. The van der Waals surface area contributed by atoms with Gasteiger partial charge in [-0.3, -0.25) is 9.36 Å². The van der Waals surface area contributed by atoms with Gasteiger partial charge in [0.05, 0.1) is 0 Å². The van der Waals surface area contributed by atoms with Gasteiger partial charge in [-0.15, -0.1) is 10.2 Å². The van der Waals surface area contributed by atoms with E-state index in [1.807, 2.05) is 27.8 Å². The number of carbonyl (C=O) groups excluding carboxylic acids is 1. The molecule has 0 atom stereocenters. The molecule has 8 heteroatoms. The van der Waals surface area contributed by atoms with Crippen LogP contribution in [0.3, 0.4) is 0 Å². The van der Waals surface area contributed by atoms with Gasteiger partial charge in [0.1, 0.15) is 5.69 Å². The summed E-state index contributed by atoms with van der Waals surface area (Å²) in [7, 11) is 0. The van der Waals surface area contributed by atoms with E-state index in [4.69, 9.17) is 0 Å². The van der Waals surface area contributed by atoms with Crippen molar-refractivity contribution >= 4 is 22.4 Å². The highest BCUT2D eigenvalue weighted by atomic mass is 32.1. The molecule has 0 spiro atoms. The number of likely N-dealkylation sites (tertiary alicyclic amines) is 1. The zero-order valence-corrected chi connectivity index (χ0v) is 17.0. The van der Waals surface area contributed by atoms with Gasteiger partial charge in [0.25, 0.3) is 5.91 Å². The van der Waals surface area contributed by atoms with E-state index in [2.05, 4.69) is 33.8 Å². The molecule has 2 aromatic heterocycles. The van der Waals surface area contributed by atoms with E-state index in [1.165, 1.54) is 0 Å². The van der Waals surface area contributed by atoms with E-state index >= 15 is 0 Å². The van der Waals surface area contributed by atoms with Crippen molar-refractivity contribution in [3.8, 4) is 5.13 Å². The molecular weight excluding hydrogens is 360 g/mol. The number of hydrogen-bond acceptors (Lipinski definition) is 6. The summed E-state index contributed by atoms with van der Waals surface area (Å²) in [5, 5.41) is 10.5. The minimum absolute atomic E-state index is 0.0974. The molecule has 0 aliphatic carbocycles. The first kappa shape index (κ1) is 18.4. The van der Waals surface area contributed by atoms with Crippen LogP contribution >= 0.6 is 11.3 Å². The van der Waals surface area contributed by atoms with Gasteiger partial charge < -0.3 is 14.7 Å². The van der Waals surface area contributed by atoms with Crippen LogP contribution in [0.4, 0.5) is 5.13 Å². The van der Waals surface area contributed by atoms with Gasteiger partial charge >= 0.3 is 0 Å². The zero-order chi connectivity index (χ0) is 18.8. The van der Waals surface area contributed by atoms with Crippen LogP contribution in [0.15, 0.2) is 18.3 Å². The Hall–Kier alpha value is -1.93. The van der Waals surface area contributed by atoms with Crippen molar-refractivity contribution < 1.29 is 4.79 Å². The second kappa shape index (κ2) is 7.98. The van der Waals surface area contributed by atoms with Crippen LogP contribution in [-0.2, 0) is 0 Å². The van der Waals surface area contributed by atoms with E-state index in [0.717, 1.165) is 68.9 Å². The normalized spacial score (nSPS) is 19.6. The van der Waals surface area contributed by atoms with Crippen molar-refractivity contribution in [2.45, 2.75) is 26.7 Å². The fourth-order valence-electron chi connectivity index (χ4n) is 3.78. The Labute approximate surface area is 164 Å². The van der Waals surface area contributed by atoms with E-state index in [-0.39, 0.29) is 5.91 Å². The molecule has 1 amide bonds. The van der Waals surface area contributed by atoms with Gasteiger partial charge in [-0.1, -0.05) is 25.2 Å². The summed E-state index contributed by atoms with van der Waals surface area (Å²) in [5.74, 6) is 0.806. The first-order valence-corrected chi connectivity index (χ1v) is 10.7. The lowest BCUT2D eigenvalue weighted by Crippen LogP contribution is -2.46. The van der Waals surface area contributed by atoms with Gasteiger partial charge in [0, 0.05) is 45.5 Å². The Bertz CT molecular complexity index is 771. The molecule has 146 valence electrons. The number of nitrogens with zero attached hydrogens (tertiary/aromatic N) is 6. The number of amides is 1. The van der Waals surface area contributed by atoms with Crippen LogP contribution in [0.25, 0.3) is 5.13 Å². The number of carbonyl (C=O) groups is 1. The first-order valence-electron chi connectivity index (χ1n) is 9.93. The number of likely N-dealkylation sites (N-methyl/N-ethyl adjacent to an activating group) is 1. The molecule has 2 aliphatic rings. The quantitative estimate of drug-likeness (QED) is 0.805. The van der Waals surface area contributed by atoms with Crippen molar-refractivity contribution in [2.75, 3.05) is 50.7 Å². The van der Waals surface area contributed by atoms with Crippen LogP contribution in [0.5, 0.6) is 0 Å². The Morgan fingerprint density at radius 1 is 1.11 bits per heavy atom. The van der Waals surface area contributed by atoms with Crippen molar-refractivity contribution in [1.29, 1.82) is 0 Å². The van der Waals surface area contributed by atoms with Gasteiger partial charge in [0.2, 0.25) is 10.3 Å². The molecule has 0 saturated carbocycles. The number of hydrogen-bond donors (Lipinski definition) is 0. The largest absolute Gasteiger partial charge is 0.344 e. The SMILES string of the molecule is CCN1CCN(c2nnc(-n3cccc3C(=O)N3CCC(C)CC3)s2)CC1. The van der Waals surface area contributed by atoms with Crippen LogP contribution in [0.1, 0.15) is 37.2 Å². The summed E-state index contributed by atoms with van der Waals surface area (Å²) in [6, 6.07) is 3.81. The standard InChI is InChI=1S/C19H28N6OS/c1-3-22-11-13-24(14-12-22)18-20-21-19(27-18)25-8-4-5-16(25)17(26)23-9-6-15(2)7-10-23/h4-5,8,15H,3,6-7,9-14H2,1-2H3. The monoisotopic (exact) mass is 388 g/mol. The maximum Gasteiger partial charge on any atom is 0.270 e. The lowest BCUT2D eigenvalue weighted by atomic mass is 9.99. The van der Waals surface area contributed by atoms with E-state index < -0.39 is 0 Å². The highest BCUT2D eigenvalue weighted by Crippen LogP contribution is 2.26. The van der Waals surface area contributed by atoms with Gasteiger partial charge in [0.15, 0.2) is 0 Å². The van der Waals surface area contributed by atoms with Crippen LogP contribution in [-0.4, -0.2) is 76.3 Å². The lowest BCUT2D eigenvalue weighted by Gasteiger charge is -2.33. The topological polar surface area (TPSA) is 57.5 Å². The maximum atomic E-state index is 13.0. The Balaban J connectivity index is 1.48. The predicted octanol–water partition coefficient (Wildman–Crippen LogP) is 2.34.